The van der Waals surface area contributed by atoms with Crippen molar-refractivity contribution in [2.45, 2.75) is 39.2 Å². The summed E-state index contributed by atoms with van der Waals surface area (Å²) in [6.07, 6.45) is 2.19. The lowest BCUT2D eigenvalue weighted by atomic mass is 10.0. The Bertz CT molecular complexity index is 719. The van der Waals surface area contributed by atoms with E-state index in [1.807, 2.05) is 39.0 Å². The molecule has 23 heavy (non-hydrogen) atoms. The Kier molecular flexibility index (Phi) is 4.07. The zero-order valence-corrected chi connectivity index (χ0v) is 14.0. The monoisotopic (exact) mass is 309 g/mol. The van der Waals surface area contributed by atoms with Crippen molar-refractivity contribution in [3.8, 4) is 0 Å². The van der Waals surface area contributed by atoms with Crippen LogP contribution in [-0.4, -0.2) is 23.0 Å². The van der Waals surface area contributed by atoms with Crippen molar-refractivity contribution in [1.82, 2.24) is 10.3 Å². The molecule has 1 aliphatic heterocycles. The highest BCUT2D eigenvalue weighted by molar-refractivity contribution is 5.93. The smallest absolute Gasteiger partial charge is 0.270 e. The fourth-order valence-electron chi connectivity index (χ4n) is 2.88. The molecule has 1 aromatic carbocycles. The first-order valence-corrected chi connectivity index (χ1v) is 8.09. The quantitative estimate of drug-likeness (QED) is 0.920. The van der Waals surface area contributed by atoms with Crippen molar-refractivity contribution >= 4 is 17.4 Å². The fourth-order valence-corrected chi connectivity index (χ4v) is 2.88. The van der Waals surface area contributed by atoms with Crippen LogP contribution in [0, 0.1) is 0 Å². The van der Waals surface area contributed by atoms with Gasteiger partial charge in [-0.25, -0.2) is 4.98 Å². The minimum atomic E-state index is -0.271. The fraction of sp³-hybridized carbons (Fsp3) is 0.368. The molecule has 0 fully saturated rings. The highest BCUT2D eigenvalue weighted by Gasteiger charge is 2.21. The van der Waals surface area contributed by atoms with Crippen LogP contribution in [-0.2, 0) is 6.42 Å². The molecule has 1 amide bonds. The largest absolute Gasteiger partial charge is 0.346 e. The summed E-state index contributed by atoms with van der Waals surface area (Å²) in [5.41, 5.74) is 2.72. The zero-order valence-electron chi connectivity index (χ0n) is 14.0. The lowest BCUT2D eigenvalue weighted by Crippen LogP contribution is -2.41. The van der Waals surface area contributed by atoms with Gasteiger partial charge in [-0.05, 0) is 57.4 Å². The number of nitrogens with one attached hydrogen (secondary N) is 1. The Balaban J connectivity index is 1.91. The van der Waals surface area contributed by atoms with Crippen LogP contribution in [0.1, 0.15) is 43.2 Å². The van der Waals surface area contributed by atoms with Gasteiger partial charge in [0.25, 0.3) is 5.91 Å². The summed E-state index contributed by atoms with van der Waals surface area (Å²) in [6, 6.07) is 14.0. The maximum absolute atomic E-state index is 12.3. The topological polar surface area (TPSA) is 45.2 Å². The molecular weight excluding hydrogens is 286 g/mol. The summed E-state index contributed by atoms with van der Waals surface area (Å²) in [4.78, 5) is 19.1. The maximum atomic E-state index is 12.3. The lowest BCUT2D eigenvalue weighted by molar-refractivity contribution is 0.0914. The summed E-state index contributed by atoms with van der Waals surface area (Å²) >= 11 is 0. The summed E-state index contributed by atoms with van der Waals surface area (Å²) in [6.45, 7) is 6.83. The summed E-state index contributed by atoms with van der Waals surface area (Å²) in [5, 5.41) is 2.96. The third-order valence-corrected chi connectivity index (χ3v) is 3.84. The molecule has 3 rings (SSSR count). The molecule has 0 radical (unpaired) electrons. The van der Waals surface area contributed by atoms with Gasteiger partial charge in [0.05, 0.1) is 0 Å². The molecule has 4 heteroatoms. The molecule has 1 N–H and O–H groups in total. The van der Waals surface area contributed by atoms with Crippen molar-refractivity contribution in [3.05, 3.63) is 53.7 Å². The number of aromatic nitrogens is 1. The third kappa shape index (κ3) is 3.52. The number of carbonyl (C=O) groups is 1. The van der Waals surface area contributed by atoms with Gasteiger partial charge in [-0.1, -0.05) is 24.3 Å². The van der Waals surface area contributed by atoms with Crippen molar-refractivity contribution in [2.24, 2.45) is 0 Å². The van der Waals surface area contributed by atoms with Crippen molar-refractivity contribution < 1.29 is 4.79 Å². The van der Waals surface area contributed by atoms with Crippen LogP contribution >= 0.6 is 0 Å². The number of aryl methyl sites for hydroxylation is 1. The first-order chi connectivity index (χ1) is 10.9. The minimum absolute atomic E-state index is 0.135. The molecule has 0 unspecified atom stereocenters. The first-order valence-electron chi connectivity index (χ1n) is 8.09. The first kappa shape index (κ1) is 15.5. The van der Waals surface area contributed by atoms with Crippen LogP contribution in [0.15, 0.2) is 42.5 Å². The molecule has 0 aliphatic carbocycles. The summed E-state index contributed by atoms with van der Waals surface area (Å²) < 4.78 is 0. The van der Waals surface area contributed by atoms with E-state index in [0.29, 0.717) is 5.69 Å². The summed E-state index contributed by atoms with van der Waals surface area (Å²) in [7, 11) is 0. The van der Waals surface area contributed by atoms with Gasteiger partial charge in [-0.15, -0.1) is 0 Å². The Hall–Kier alpha value is -2.36. The van der Waals surface area contributed by atoms with Crippen LogP contribution in [0.3, 0.4) is 0 Å². The van der Waals surface area contributed by atoms with Gasteiger partial charge in [0, 0.05) is 17.8 Å². The molecule has 4 nitrogen and oxygen atoms in total. The molecule has 120 valence electrons. The van der Waals surface area contributed by atoms with Gasteiger partial charge in [0.1, 0.15) is 11.5 Å². The standard InChI is InChI=1S/C19H23N3O/c1-19(2,3)21-18(23)15-10-6-12-17(20-15)22-13-7-9-14-8-4-5-11-16(14)22/h4-6,8,10-12H,7,9,13H2,1-3H3,(H,21,23). The van der Waals surface area contributed by atoms with E-state index >= 15 is 0 Å². The molecule has 0 spiro atoms. The number of hydrogen-bond donors (Lipinski definition) is 1. The summed E-state index contributed by atoms with van der Waals surface area (Å²) in [5.74, 6) is 0.698. The van der Waals surface area contributed by atoms with Crippen LogP contribution in [0.5, 0.6) is 0 Å². The van der Waals surface area contributed by atoms with Crippen molar-refractivity contribution in [2.75, 3.05) is 11.4 Å². The maximum Gasteiger partial charge on any atom is 0.270 e. The number of carbonyl (C=O) groups excluding carboxylic acids is 1. The lowest BCUT2D eigenvalue weighted by Gasteiger charge is -2.30. The molecule has 1 aromatic heterocycles. The number of para-hydroxylation sites is 1. The van der Waals surface area contributed by atoms with E-state index in [0.717, 1.165) is 25.2 Å². The SMILES string of the molecule is CC(C)(C)NC(=O)c1cccc(N2CCCc3ccccc32)n1. The van der Waals surface area contributed by atoms with E-state index in [2.05, 4.69) is 33.4 Å². The van der Waals surface area contributed by atoms with Gasteiger partial charge in [-0.2, -0.15) is 0 Å². The minimum Gasteiger partial charge on any atom is -0.346 e. The van der Waals surface area contributed by atoms with E-state index in [9.17, 15) is 4.79 Å². The highest BCUT2D eigenvalue weighted by atomic mass is 16.2. The molecule has 1 aliphatic rings. The van der Waals surface area contributed by atoms with Gasteiger partial charge < -0.3 is 10.2 Å². The predicted molar refractivity (Wildman–Crippen MR) is 93.2 cm³/mol. The van der Waals surface area contributed by atoms with E-state index in [1.165, 1.54) is 11.3 Å². The number of benzene rings is 1. The van der Waals surface area contributed by atoms with E-state index in [-0.39, 0.29) is 11.4 Å². The van der Waals surface area contributed by atoms with Gasteiger partial charge >= 0.3 is 0 Å². The predicted octanol–water partition coefficient (Wildman–Crippen LogP) is 3.69. The van der Waals surface area contributed by atoms with E-state index in [4.69, 9.17) is 0 Å². The molecule has 2 aromatic rings. The molecule has 0 bridgehead atoms. The van der Waals surface area contributed by atoms with Gasteiger partial charge in [0.2, 0.25) is 0 Å². The number of hydrogen-bond acceptors (Lipinski definition) is 3. The van der Waals surface area contributed by atoms with Gasteiger partial charge in [-0.3, -0.25) is 4.79 Å². The Labute approximate surface area is 137 Å². The number of anilines is 2. The number of amides is 1. The molecule has 0 atom stereocenters. The number of rotatable bonds is 2. The molecule has 0 saturated carbocycles. The Morgan fingerprint density at radius 3 is 2.70 bits per heavy atom. The Morgan fingerprint density at radius 1 is 1.13 bits per heavy atom. The van der Waals surface area contributed by atoms with Crippen LogP contribution in [0.2, 0.25) is 0 Å². The van der Waals surface area contributed by atoms with Crippen LogP contribution in [0.25, 0.3) is 0 Å². The Morgan fingerprint density at radius 2 is 1.91 bits per heavy atom. The second-order valence-electron chi connectivity index (χ2n) is 6.97. The van der Waals surface area contributed by atoms with Crippen LogP contribution < -0.4 is 10.2 Å². The second kappa shape index (κ2) is 6.03. The van der Waals surface area contributed by atoms with Crippen LogP contribution in [0.4, 0.5) is 11.5 Å². The van der Waals surface area contributed by atoms with Crippen molar-refractivity contribution in [3.63, 3.8) is 0 Å². The highest BCUT2D eigenvalue weighted by Crippen LogP contribution is 2.32. The van der Waals surface area contributed by atoms with Gasteiger partial charge in [0.15, 0.2) is 0 Å². The average molecular weight is 309 g/mol. The molecule has 0 saturated heterocycles. The average Bonchev–Trinajstić information content (AvgIpc) is 2.53. The normalized spacial score (nSPS) is 14.3. The van der Waals surface area contributed by atoms with E-state index < -0.39 is 0 Å². The number of nitrogens with zero attached hydrogens (tertiary/aromatic N) is 2. The number of pyridine rings is 1. The third-order valence-electron chi connectivity index (χ3n) is 3.84. The number of fused-ring (bicyclic) bond motifs is 1. The van der Waals surface area contributed by atoms with Crippen molar-refractivity contribution in [1.29, 1.82) is 0 Å². The molecule has 2 heterocycles. The van der Waals surface area contributed by atoms with E-state index in [1.54, 1.807) is 6.07 Å². The zero-order chi connectivity index (χ0) is 16.4. The second-order valence-corrected chi connectivity index (χ2v) is 6.97. The molecular formula is C19H23N3O.